The molecule has 2 rings (SSSR count). The van der Waals surface area contributed by atoms with E-state index < -0.39 is 10.9 Å². The number of carbonyl (C=O) groups is 1. The largest absolute Gasteiger partial charge is 0.465 e. The molecule has 5 nitrogen and oxygen atoms in total. The summed E-state index contributed by atoms with van der Waals surface area (Å²) >= 11 is 0. The fourth-order valence-corrected chi connectivity index (χ4v) is 1.66. The number of methoxy groups -OCH3 is 1. The van der Waals surface area contributed by atoms with Gasteiger partial charge in [0, 0.05) is 6.07 Å². The number of nitro groups is 1. The molecule has 0 unspecified atom stereocenters. The third kappa shape index (κ3) is 1.45. The number of ether oxygens (including phenoxy) is 1. The fraction of sp³-hybridized carbons (Fsp3) is 0.300. The van der Waals surface area contributed by atoms with Crippen LogP contribution in [0.25, 0.3) is 0 Å². The highest BCUT2D eigenvalue weighted by atomic mass is 16.6. The van der Waals surface area contributed by atoms with Gasteiger partial charge in [0.05, 0.1) is 12.0 Å². The van der Waals surface area contributed by atoms with Crippen LogP contribution in [0.1, 0.15) is 21.5 Å². The van der Waals surface area contributed by atoms with Crippen molar-refractivity contribution in [2.24, 2.45) is 0 Å². The fourth-order valence-electron chi connectivity index (χ4n) is 1.66. The van der Waals surface area contributed by atoms with Crippen molar-refractivity contribution in [2.45, 2.75) is 12.8 Å². The molecule has 0 saturated carbocycles. The number of nitro benzene ring substituents is 1. The van der Waals surface area contributed by atoms with Crippen LogP contribution >= 0.6 is 0 Å². The molecule has 0 aliphatic heterocycles. The molecule has 0 radical (unpaired) electrons. The molecule has 0 spiro atoms. The van der Waals surface area contributed by atoms with Crippen molar-refractivity contribution < 1.29 is 14.5 Å². The number of hydrogen-bond donors (Lipinski definition) is 0. The van der Waals surface area contributed by atoms with Crippen molar-refractivity contribution >= 4 is 11.7 Å². The summed E-state index contributed by atoms with van der Waals surface area (Å²) in [5, 5.41) is 10.7. The predicted octanol–water partition coefficient (Wildman–Crippen LogP) is 1.48. The molecule has 0 bridgehead atoms. The zero-order valence-electron chi connectivity index (χ0n) is 8.15. The first-order valence-electron chi connectivity index (χ1n) is 4.52. The predicted molar refractivity (Wildman–Crippen MR) is 51.8 cm³/mol. The van der Waals surface area contributed by atoms with E-state index in [0.717, 1.165) is 24.0 Å². The highest BCUT2D eigenvalue weighted by Gasteiger charge is 2.26. The van der Waals surface area contributed by atoms with Crippen LogP contribution in [0.5, 0.6) is 0 Å². The Morgan fingerprint density at radius 2 is 2.00 bits per heavy atom. The first kappa shape index (κ1) is 9.64. The lowest BCUT2D eigenvalue weighted by atomic mass is 9.86. The highest BCUT2D eigenvalue weighted by molar-refractivity contribution is 5.94. The lowest BCUT2D eigenvalue weighted by Gasteiger charge is -2.18. The van der Waals surface area contributed by atoms with Crippen molar-refractivity contribution in [2.75, 3.05) is 7.11 Å². The number of nitrogens with zero attached hydrogens (tertiary/aromatic N) is 1. The molecule has 15 heavy (non-hydrogen) atoms. The van der Waals surface area contributed by atoms with Crippen LogP contribution in [-0.4, -0.2) is 18.0 Å². The van der Waals surface area contributed by atoms with Gasteiger partial charge in [-0.3, -0.25) is 10.1 Å². The lowest BCUT2D eigenvalue weighted by molar-refractivity contribution is -0.385. The van der Waals surface area contributed by atoms with Crippen molar-refractivity contribution in [3.8, 4) is 0 Å². The van der Waals surface area contributed by atoms with Gasteiger partial charge in [-0.25, -0.2) is 4.79 Å². The molecule has 1 aliphatic carbocycles. The molecule has 0 heterocycles. The van der Waals surface area contributed by atoms with E-state index in [1.54, 1.807) is 6.07 Å². The SMILES string of the molecule is COC(=O)c1cc2c(cc1[N+](=O)[O-])CC2. The van der Waals surface area contributed by atoms with E-state index >= 15 is 0 Å². The van der Waals surface area contributed by atoms with Crippen LogP contribution in [-0.2, 0) is 17.6 Å². The Morgan fingerprint density at radius 1 is 1.40 bits per heavy atom. The zero-order chi connectivity index (χ0) is 11.0. The summed E-state index contributed by atoms with van der Waals surface area (Å²) in [6.45, 7) is 0. The summed E-state index contributed by atoms with van der Waals surface area (Å²) in [6.07, 6.45) is 1.72. The molecule has 1 aromatic rings. The second kappa shape index (κ2) is 3.34. The van der Waals surface area contributed by atoms with E-state index in [0.29, 0.717) is 0 Å². The quantitative estimate of drug-likeness (QED) is 0.418. The molecular weight excluding hydrogens is 198 g/mol. The van der Waals surface area contributed by atoms with Gasteiger partial charge in [-0.1, -0.05) is 0 Å². The Morgan fingerprint density at radius 3 is 2.47 bits per heavy atom. The van der Waals surface area contributed by atoms with Gasteiger partial charge in [-0.05, 0) is 30.0 Å². The maximum atomic E-state index is 11.3. The minimum absolute atomic E-state index is 0.0425. The van der Waals surface area contributed by atoms with Gasteiger partial charge < -0.3 is 4.74 Å². The minimum Gasteiger partial charge on any atom is -0.465 e. The highest BCUT2D eigenvalue weighted by Crippen LogP contribution is 2.30. The number of carbonyl (C=O) groups excluding carboxylic acids is 1. The summed E-state index contributed by atoms with van der Waals surface area (Å²) in [5.41, 5.74) is 1.83. The minimum atomic E-state index is -0.656. The van der Waals surface area contributed by atoms with Gasteiger partial charge in [0.15, 0.2) is 0 Å². The summed E-state index contributed by atoms with van der Waals surface area (Å²) < 4.78 is 4.50. The summed E-state index contributed by atoms with van der Waals surface area (Å²) in [7, 11) is 1.21. The van der Waals surface area contributed by atoms with Gasteiger partial charge in [0.1, 0.15) is 5.56 Å². The first-order chi connectivity index (χ1) is 7.13. The number of esters is 1. The Labute approximate surface area is 85.8 Å². The molecule has 5 heteroatoms. The molecule has 0 saturated heterocycles. The number of hydrogen-bond acceptors (Lipinski definition) is 4. The van der Waals surface area contributed by atoms with E-state index in [1.807, 2.05) is 0 Å². The number of benzene rings is 1. The zero-order valence-corrected chi connectivity index (χ0v) is 8.15. The van der Waals surface area contributed by atoms with Crippen LogP contribution < -0.4 is 0 Å². The molecule has 0 aromatic heterocycles. The Hall–Kier alpha value is -1.91. The standard InChI is InChI=1S/C10H9NO4/c1-15-10(12)8-4-6-2-3-7(6)5-9(8)11(13)14/h4-5H,2-3H2,1H3. The Balaban J connectivity index is 2.55. The normalized spacial score (nSPS) is 12.6. The van der Waals surface area contributed by atoms with Gasteiger partial charge in [-0.15, -0.1) is 0 Å². The lowest BCUT2D eigenvalue weighted by Crippen LogP contribution is -2.13. The third-order valence-electron chi connectivity index (χ3n) is 2.58. The number of rotatable bonds is 2. The van der Waals surface area contributed by atoms with Crippen molar-refractivity contribution in [3.05, 3.63) is 38.9 Å². The maximum Gasteiger partial charge on any atom is 0.344 e. The molecule has 0 amide bonds. The smallest absolute Gasteiger partial charge is 0.344 e. The molecule has 0 atom stereocenters. The first-order valence-corrected chi connectivity index (χ1v) is 4.52. The molecule has 78 valence electrons. The van der Waals surface area contributed by atoms with Gasteiger partial charge in [0.25, 0.3) is 5.69 Å². The van der Waals surface area contributed by atoms with Crippen LogP contribution in [0.15, 0.2) is 12.1 Å². The second-order valence-corrected chi connectivity index (χ2v) is 3.39. The Kier molecular flexibility index (Phi) is 2.15. The molecule has 0 N–H and O–H groups in total. The van der Waals surface area contributed by atoms with E-state index in [2.05, 4.69) is 4.74 Å². The van der Waals surface area contributed by atoms with Crippen LogP contribution in [0.2, 0.25) is 0 Å². The number of aryl methyl sites for hydroxylation is 2. The third-order valence-corrected chi connectivity index (χ3v) is 2.58. The average Bonchev–Trinajstić information content (AvgIpc) is 2.18. The summed E-state index contributed by atoms with van der Waals surface area (Å²) in [4.78, 5) is 21.5. The Bertz CT molecular complexity index is 453. The van der Waals surface area contributed by atoms with Gasteiger partial charge >= 0.3 is 5.97 Å². The molecule has 1 aromatic carbocycles. The van der Waals surface area contributed by atoms with Gasteiger partial charge in [0.2, 0.25) is 0 Å². The topological polar surface area (TPSA) is 69.4 Å². The van der Waals surface area contributed by atoms with Crippen molar-refractivity contribution in [1.82, 2.24) is 0 Å². The van der Waals surface area contributed by atoms with Crippen molar-refractivity contribution in [3.63, 3.8) is 0 Å². The van der Waals surface area contributed by atoms with Gasteiger partial charge in [-0.2, -0.15) is 0 Å². The van der Waals surface area contributed by atoms with Crippen LogP contribution in [0, 0.1) is 10.1 Å². The van der Waals surface area contributed by atoms with E-state index in [1.165, 1.54) is 13.2 Å². The van der Waals surface area contributed by atoms with Crippen LogP contribution in [0.3, 0.4) is 0 Å². The molecule has 0 fully saturated rings. The molecule has 1 aliphatic rings. The van der Waals surface area contributed by atoms with Crippen LogP contribution in [0.4, 0.5) is 5.69 Å². The van der Waals surface area contributed by atoms with E-state index in [4.69, 9.17) is 0 Å². The maximum absolute atomic E-state index is 11.3. The summed E-state index contributed by atoms with van der Waals surface area (Å²) in [5.74, 6) is -0.656. The molecular formula is C10H9NO4. The summed E-state index contributed by atoms with van der Waals surface area (Å²) in [6, 6.07) is 3.02. The van der Waals surface area contributed by atoms with E-state index in [9.17, 15) is 14.9 Å². The average molecular weight is 207 g/mol. The van der Waals surface area contributed by atoms with E-state index in [-0.39, 0.29) is 11.3 Å². The number of fused-ring (bicyclic) bond motifs is 1. The monoisotopic (exact) mass is 207 g/mol. The second-order valence-electron chi connectivity index (χ2n) is 3.39. The van der Waals surface area contributed by atoms with Crippen molar-refractivity contribution in [1.29, 1.82) is 0 Å².